The van der Waals surface area contributed by atoms with E-state index in [0.717, 1.165) is 12.1 Å². The van der Waals surface area contributed by atoms with Crippen LogP contribution < -0.4 is 4.74 Å². The Morgan fingerprint density at radius 3 is 2.27 bits per heavy atom. The summed E-state index contributed by atoms with van der Waals surface area (Å²) >= 11 is 0. The molecule has 164 valence electrons. The van der Waals surface area contributed by atoms with Crippen LogP contribution in [0.4, 0.5) is 0 Å². The third-order valence-corrected chi connectivity index (χ3v) is 4.71. The van der Waals surface area contributed by atoms with E-state index in [4.69, 9.17) is 5.11 Å². The largest absolute Gasteiger partial charge is 0.508 e. The van der Waals surface area contributed by atoms with E-state index in [1.54, 1.807) is 30.3 Å². The molecule has 0 heterocycles. The van der Waals surface area contributed by atoms with Gasteiger partial charge in [0.05, 0.1) is 5.60 Å². The van der Waals surface area contributed by atoms with Crippen LogP contribution in [-0.2, 0) is 10.4 Å². The Morgan fingerprint density at radius 2 is 1.77 bits per heavy atom. The summed E-state index contributed by atoms with van der Waals surface area (Å²) in [4.78, 5) is 23.2. The highest BCUT2D eigenvalue weighted by molar-refractivity contribution is 5.91. The first-order valence-electron chi connectivity index (χ1n) is 9.68. The SMILES string of the molecule is CC(=O)Oc1ccccc1C(=O)O.CC[C@](O)(c1cccc(O)c1)[C@H](C)CN(C)C. The zero-order valence-corrected chi connectivity index (χ0v) is 18.1. The summed E-state index contributed by atoms with van der Waals surface area (Å²) in [6.45, 7) is 6.03. The van der Waals surface area contributed by atoms with Crippen molar-refractivity contribution < 1.29 is 29.6 Å². The topological polar surface area (TPSA) is 107 Å². The molecule has 2 aromatic rings. The number of phenols is 1. The first-order chi connectivity index (χ1) is 14.0. The predicted octanol–water partition coefficient (Wildman–Crippen LogP) is 3.50. The van der Waals surface area contributed by atoms with Gasteiger partial charge in [0.1, 0.15) is 17.1 Å². The number of carbonyl (C=O) groups excluding carboxylic acids is 1. The van der Waals surface area contributed by atoms with Crippen LogP contribution in [0.2, 0.25) is 0 Å². The third kappa shape index (κ3) is 7.17. The Balaban J connectivity index is 0.000000311. The van der Waals surface area contributed by atoms with Gasteiger partial charge in [0.25, 0.3) is 0 Å². The molecule has 0 fully saturated rings. The molecule has 2 aromatic carbocycles. The van der Waals surface area contributed by atoms with Crippen molar-refractivity contribution >= 4 is 11.9 Å². The molecule has 0 saturated heterocycles. The minimum Gasteiger partial charge on any atom is -0.508 e. The van der Waals surface area contributed by atoms with E-state index >= 15 is 0 Å². The van der Waals surface area contributed by atoms with Crippen molar-refractivity contribution in [3.63, 3.8) is 0 Å². The maximum Gasteiger partial charge on any atom is 0.339 e. The number of ether oxygens (including phenoxy) is 1. The number of aliphatic hydroxyl groups is 1. The number of esters is 1. The molecule has 0 aliphatic heterocycles. The van der Waals surface area contributed by atoms with Gasteiger partial charge in [-0.3, -0.25) is 4.79 Å². The number of hydrogen-bond acceptors (Lipinski definition) is 6. The Hall–Kier alpha value is -2.90. The smallest absolute Gasteiger partial charge is 0.339 e. The Bertz CT molecular complexity index is 851. The van der Waals surface area contributed by atoms with Gasteiger partial charge < -0.3 is 25.0 Å². The molecule has 0 bridgehead atoms. The second kappa shape index (κ2) is 11.3. The molecular weight excluding hydrogens is 386 g/mol. The normalized spacial score (nSPS) is 13.6. The van der Waals surface area contributed by atoms with E-state index in [0.29, 0.717) is 6.42 Å². The van der Waals surface area contributed by atoms with Crippen molar-refractivity contribution in [2.24, 2.45) is 5.92 Å². The van der Waals surface area contributed by atoms with E-state index in [9.17, 15) is 19.8 Å². The number of nitrogens with zero attached hydrogens (tertiary/aromatic N) is 1. The minimum atomic E-state index is -1.11. The van der Waals surface area contributed by atoms with Gasteiger partial charge in [0.2, 0.25) is 0 Å². The number of hydrogen-bond donors (Lipinski definition) is 3. The molecule has 3 N–H and O–H groups in total. The molecule has 0 aromatic heterocycles. The quantitative estimate of drug-likeness (QED) is 0.467. The van der Waals surface area contributed by atoms with Crippen LogP contribution in [0, 0.1) is 5.92 Å². The second-order valence-corrected chi connectivity index (χ2v) is 7.39. The Labute approximate surface area is 177 Å². The first kappa shape index (κ1) is 25.1. The zero-order chi connectivity index (χ0) is 22.9. The molecular formula is C23H31NO6. The summed E-state index contributed by atoms with van der Waals surface area (Å²) in [5.74, 6) is -1.27. The van der Waals surface area contributed by atoms with Crippen molar-refractivity contribution in [1.82, 2.24) is 4.90 Å². The molecule has 0 saturated carbocycles. The standard InChI is InChI=1S/C14H23NO2.C9H8O4/c1-5-14(17,11(2)10-15(3)4)12-7-6-8-13(16)9-12;1-6(10)13-8-5-3-2-4-7(8)9(11)12/h6-9,11,16-17H,5,10H2,1-4H3;2-5H,1H3,(H,11,12)/t11-,14-;/m1./s1. The van der Waals surface area contributed by atoms with E-state index in [2.05, 4.69) is 9.64 Å². The summed E-state index contributed by atoms with van der Waals surface area (Å²) in [6.07, 6.45) is 0.630. The molecule has 0 radical (unpaired) electrons. The van der Waals surface area contributed by atoms with Crippen LogP contribution in [0.5, 0.6) is 11.5 Å². The number of carboxylic acids is 1. The van der Waals surface area contributed by atoms with Gasteiger partial charge in [-0.25, -0.2) is 4.79 Å². The average molecular weight is 418 g/mol. The summed E-state index contributed by atoms with van der Waals surface area (Å²) in [7, 11) is 3.99. The lowest BCUT2D eigenvalue weighted by Crippen LogP contribution is -2.38. The van der Waals surface area contributed by atoms with Crippen LogP contribution in [0.25, 0.3) is 0 Å². The molecule has 2 atom stereocenters. The molecule has 0 spiro atoms. The number of phenolic OH excluding ortho intramolecular Hbond substituents is 1. The van der Waals surface area contributed by atoms with Gasteiger partial charge in [0, 0.05) is 19.4 Å². The van der Waals surface area contributed by atoms with Crippen LogP contribution in [-0.4, -0.2) is 52.8 Å². The highest BCUT2D eigenvalue weighted by atomic mass is 16.5. The molecule has 30 heavy (non-hydrogen) atoms. The molecule has 0 aliphatic carbocycles. The van der Waals surface area contributed by atoms with E-state index < -0.39 is 17.5 Å². The number of aromatic carboxylic acids is 1. The molecule has 7 nitrogen and oxygen atoms in total. The third-order valence-electron chi connectivity index (χ3n) is 4.71. The Kier molecular flexibility index (Phi) is 9.49. The monoisotopic (exact) mass is 417 g/mol. The zero-order valence-electron chi connectivity index (χ0n) is 18.1. The van der Waals surface area contributed by atoms with Gasteiger partial charge in [-0.1, -0.05) is 38.1 Å². The van der Waals surface area contributed by atoms with E-state index in [1.165, 1.54) is 19.1 Å². The van der Waals surface area contributed by atoms with Gasteiger partial charge in [-0.15, -0.1) is 0 Å². The highest BCUT2D eigenvalue weighted by Crippen LogP contribution is 2.34. The summed E-state index contributed by atoms with van der Waals surface area (Å²) in [5, 5.41) is 29.0. The molecule has 2 rings (SSSR count). The molecule has 7 heteroatoms. The average Bonchev–Trinajstić information content (AvgIpc) is 2.67. The first-order valence-corrected chi connectivity index (χ1v) is 9.68. The van der Waals surface area contributed by atoms with Crippen LogP contribution in [0.3, 0.4) is 0 Å². The molecule has 0 aliphatic rings. The van der Waals surface area contributed by atoms with E-state index in [-0.39, 0.29) is 23.0 Å². The fourth-order valence-corrected chi connectivity index (χ4v) is 3.20. The van der Waals surface area contributed by atoms with Gasteiger partial charge in [-0.05, 0) is 50.3 Å². The number of benzene rings is 2. The van der Waals surface area contributed by atoms with Crippen LogP contribution in [0.1, 0.15) is 43.1 Å². The fourth-order valence-electron chi connectivity index (χ4n) is 3.20. The van der Waals surface area contributed by atoms with Crippen LogP contribution >= 0.6 is 0 Å². The number of rotatable bonds is 7. The second-order valence-electron chi connectivity index (χ2n) is 7.39. The number of carboxylic acid groups (broad SMARTS) is 1. The summed E-state index contributed by atoms with van der Waals surface area (Å²) in [5.41, 5.74) is -0.115. The van der Waals surface area contributed by atoms with Crippen molar-refractivity contribution in [3.8, 4) is 11.5 Å². The maximum atomic E-state index is 10.8. The maximum absolute atomic E-state index is 10.8. The van der Waals surface area contributed by atoms with Crippen LogP contribution in [0.15, 0.2) is 48.5 Å². The van der Waals surface area contributed by atoms with Crippen molar-refractivity contribution in [3.05, 3.63) is 59.7 Å². The number of para-hydroxylation sites is 1. The molecule has 0 unspecified atom stereocenters. The summed E-state index contributed by atoms with van der Waals surface area (Å²) in [6, 6.07) is 12.9. The predicted molar refractivity (Wildman–Crippen MR) is 115 cm³/mol. The van der Waals surface area contributed by atoms with Crippen molar-refractivity contribution in [2.75, 3.05) is 20.6 Å². The van der Waals surface area contributed by atoms with Crippen molar-refractivity contribution in [2.45, 2.75) is 32.8 Å². The fraction of sp³-hybridized carbons (Fsp3) is 0.391. The van der Waals surface area contributed by atoms with Crippen molar-refractivity contribution in [1.29, 1.82) is 0 Å². The lowest BCUT2D eigenvalue weighted by atomic mass is 9.80. The highest BCUT2D eigenvalue weighted by Gasteiger charge is 2.34. The minimum absolute atomic E-state index is 0.0160. The van der Waals surface area contributed by atoms with E-state index in [1.807, 2.05) is 34.0 Å². The van der Waals surface area contributed by atoms with Gasteiger partial charge in [0.15, 0.2) is 0 Å². The number of aromatic hydroxyl groups is 1. The summed E-state index contributed by atoms with van der Waals surface area (Å²) < 4.78 is 4.69. The lowest BCUT2D eigenvalue weighted by molar-refractivity contribution is -0.131. The van der Waals surface area contributed by atoms with Gasteiger partial charge in [-0.2, -0.15) is 0 Å². The number of carbonyl (C=O) groups is 2. The lowest BCUT2D eigenvalue weighted by Gasteiger charge is -2.35. The Morgan fingerprint density at radius 1 is 1.13 bits per heavy atom. The van der Waals surface area contributed by atoms with Gasteiger partial charge >= 0.3 is 11.9 Å². The molecule has 0 amide bonds.